The second-order valence-corrected chi connectivity index (χ2v) is 7.91. The molecule has 0 saturated carbocycles. The molecule has 7 heteroatoms. The molecular formula is C13H18ClN3OS2. The highest BCUT2D eigenvalue weighted by Crippen LogP contribution is 2.23. The Kier molecular flexibility index (Phi) is 4.88. The average molecular weight is 332 g/mol. The Morgan fingerprint density at radius 3 is 2.75 bits per heavy atom. The van der Waals surface area contributed by atoms with Gasteiger partial charge in [0.15, 0.2) is 0 Å². The first-order valence-electron chi connectivity index (χ1n) is 6.79. The summed E-state index contributed by atoms with van der Waals surface area (Å²) in [6.07, 6.45) is 0. The highest BCUT2D eigenvalue weighted by atomic mass is 35.5. The van der Waals surface area contributed by atoms with Crippen molar-refractivity contribution < 1.29 is 4.79 Å². The third-order valence-corrected chi connectivity index (χ3v) is 5.86. The first kappa shape index (κ1) is 14.7. The number of nitrogens with one attached hydrogen (secondary N) is 1. The summed E-state index contributed by atoms with van der Waals surface area (Å²) in [5, 5.41) is 3.25. The van der Waals surface area contributed by atoms with E-state index in [0.717, 1.165) is 48.7 Å². The molecule has 0 spiro atoms. The molecule has 1 aromatic rings. The van der Waals surface area contributed by atoms with E-state index in [1.54, 1.807) is 23.1 Å². The van der Waals surface area contributed by atoms with Gasteiger partial charge in [0, 0.05) is 49.2 Å². The number of thioether (sulfide) groups is 1. The fraction of sp³-hybridized carbons (Fsp3) is 0.615. The Balaban J connectivity index is 1.48. The fourth-order valence-corrected chi connectivity index (χ4v) is 4.62. The molecule has 3 heterocycles. The van der Waals surface area contributed by atoms with Crippen molar-refractivity contribution in [1.82, 2.24) is 15.1 Å². The first-order chi connectivity index (χ1) is 9.72. The summed E-state index contributed by atoms with van der Waals surface area (Å²) in [5.41, 5.74) is 0. The van der Waals surface area contributed by atoms with Crippen LogP contribution in [0.2, 0.25) is 4.34 Å². The summed E-state index contributed by atoms with van der Waals surface area (Å²) in [5.74, 6) is 2.08. The maximum Gasteiger partial charge on any atom is 0.240 e. The monoisotopic (exact) mass is 331 g/mol. The van der Waals surface area contributed by atoms with Crippen LogP contribution in [0.5, 0.6) is 0 Å². The van der Waals surface area contributed by atoms with Crippen LogP contribution in [-0.2, 0) is 11.3 Å². The van der Waals surface area contributed by atoms with Gasteiger partial charge in [-0.1, -0.05) is 11.6 Å². The normalized spacial score (nSPS) is 24.2. The molecule has 0 bridgehead atoms. The molecule has 2 fully saturated rings. The van der Waals surface area contributed by atoms with Crippen molar-refractivity contribution in [2.45, 2.75) is 12.6 Å². The average Bonchev–Trinajstić information content (AvgIpc) is 3.11. The maximum absolute atomic E-state index is 12.3. The van der Waals surface area contributed by atoms with Gasteiger partial charge >= 0.3 is 0 Å². The molecule has 1 N–H and O–H groups in total. The molecule has 2 aliphatic heterocycles. The SMILES string of the molecule is O=C([C@H]1CSCN1)N1CCN(Cc2ccc(Cl)s2)CC1. The van der Waals surface area contributed by atoms with Gasteiger partial charge in [0.2, 0.25) is 5.91 Å². The molecule has 3 rings (SSSR count). The highest BCUT2D eigenvalue weighted by molar-refractivity contribution is 7.99. The minimum atomic E-state index is 0.0302. The molecule has 2 aliphatic rings. The number of rotatable bonds is 3. The van der Waals surface area contributed by atoms with Crippen molar-refractivity contribution in [2.24, 2.45) is 0 Å². The summed E-state index contributed by atoms with van der Waals surface area (Å²) in [6.45, 7) is 4.50. The number of nitrogens with zero attached hydrogens (tertiary/aromatic N) is 2. The van der Waals surface area contributed by atoms with E-state index in [1.165, 1.54) is 4.88 Å². The minimum Gasteiger partial charge on any atom is -0.339 e. The molecular weight excluding hydrogens is 314 g/mol. The molecule has 0 radical (unpaired) electrons. The fourth-order valence-electron chi connectivity index (χ4n) is 2.56. The Labute approximate surface area is 132 Å². The Morgan fingerprint density at radius 1 is 1.35 bits per heavy atom. The summed E-state index contributed by atoms with van der Waals surface area (Å²) >= 11 is 9.39. The highest BCUT2D eigenvalue weighted by Gasteiger charge is 2.29. The van der Waals surface area contributed by atoms with Gasteiger partial charge in [-0.2, -0.15) is 0 Å². The van der Waals surface area contributed by atoms with Crippen LogP contribution in [0.4, 0.5) is 0 Å². The Bertz CT molecular complexity index is 468. The van der Waals surface area contributed by atoms with Gasteiger partial charge in [0.05, 0.1) is 10.4 Å². The number of carbonyl (C=O) groups is 1. The number of halogens is 1. The van der Waals surface area contributed by atoms with Gasteiger partial charge in [-0.3, -0.25) is 15.0 Å². The predicted molar refractivity (Wildman–Crippen MR) is 85.4 cm³/mol. The number of hydrogen-bond donors (Lipinski definition) is 1. The zero-order valence-corrected chi connectivity index (χ0v) is 13.6. The number of amides is 1. The van der Waals surface area contributed by atoms with Crippen LogP contribution in [0.15, 0.2) is 12.1 Å². The topological polar surface area (TPSA) is 35.6 Å². The zero-order chi connectivity index (χ0) is 13.9. The van der Waals surface area contributed by atoms with Gasteiger partial charge in [-0.15, -0.1) is 23.1 Å². The van der Waals surface area contributed by atoms with Crippen LogP contribution in [0, 0.1) is 0 Å². The van der Waals surface area contributed by atoms with Crippen molar-refractivity contribution in [1.29, 1.82) is 0 Å². The van der Waals surface area contributed by atoms with Crippen LogP contribution in [0.3, 0.4) is 0 Å². The van der Waals surface area contributed by atoms with Crippen molar-refractivity contribution in [3.05, 3.63) is 21.3 Å². The number of piperazine rings is 1. The van der Waals surface area contributed by atoms with E-state index in [2.05, 4.69) is 16.3 Å². The van der Waals surface area contributed by atoms with Gasteiger partial charge < -0.3 is 4.90 Å². The van der Waals surface area contributed by atoms with Crippen LogP contribution in [0.1, 0.15) is 4.88 Å². The molecule has 20 heavy (non-hydrogen) atoms. The minimum absolute atomic E-state index is 0.0302. The smallest absolute Gasteiger partial charge is 0.240 e. The van der Waals surface area contributed by atoms with Crippen LogP contribution in [0.25, 0.3) is 0 Å². The lowest BCUT2D eigenvalue weighted by Crippen LogP contribution is -2.53. The lowest BCUT2D eigenvalue weighted by atomic mass is 10.2. The standard InChI is InChI=1S/C13H18ClN3OS2/c14-12-2-1-10(20-12)7-16-3-5-17(6-4-16)13(18)11-8-19-9-15-11/h1-2,11,15H,3-9H2/t11-/m1/s1. The van der Waals surface area contributed by atoms with E-state index in [9.17, 15) is 4.79 Å². The van der Waals surface area contributed by atoms with Crippen molar-refractivity contribution in [2.75, 3.05) is 37.8 Å². The van der Waals surface area contributed by atoms with E-state index in [1.807, 2.05) is 11.0 Å². The van der Waals surface area contributed by atoms with Crippen LogP contribution in [-0.4, -0.2) is 59.6 Å². The van der Waals surface area contributed by atoms with E-state index < -0.39 is 0 Å². The summed E-state index contributed by atoms with van der Waals surface area (Å²) in [4.78, 5) is 18.0. The molecule has 1 amide bonds. The summed E-state index contributed by atoms with van der Waals surface area (Å²) < 4.78 is 0.846. The Morgan fingerprint density at radius 2 is 2.15 bits per heavy atom. The molecule has 4 nitrogen and oxygen atoms in total. The second-order valence-electron chi connectivity index (χ2n) is 5.08. The van der Waals surface area contributed by atoms with Gasteiger partial charge in [0.1, 0.15) is 0 Å². The van der Waals surface area contributed by atoms with E-state index in [-0.39, 0.29) is 11.9 Å². The van der Waals surface area contributed by atoms with E-state index in [0.29, 0.717) is 0 Å². The number of hydrogen-bond acceptors (Lipinski definition) is 5. The van der Waals surface area contributed by atoms with Crippen LogP contribution < -0.4 is 5.32 Å². The molecule has 110 valence electrons. The Hall–Kier alpha value is -0.270. The molecule has 0 aliphatic carbocycles. The largest absolute Gasteiger partial charge is 0.339 e. The second kappa shape index (κ2) is 6.66. The lowest BCUT2D eigenvalue weighted by Gasteiger charge is -2.35. The van der Waals surface area contributed by atoms with Gasteiger partial charge in [-0.25, -0.2) is 0 Å². The quantitative estimate of drug-likeness (QED) is 0.914. The number of thiophene rings is 1. The van der Waals surface area contributed by atoms with Crippen molar-refractivity contribution in [3.63, 3.8) is 0 Å². The molecule has 1 aromatic heterocycles. The van der Waals surface area contributed by atoms with E-state index >= 15 is 0 Å². The molecule has 0 aromatic carbocycles. The summed E-state index contributed by atoms with van der Waals surface area (Å²) in [6, 6.07) is 4.07. The van der Waals surface area contributed by atoms with Gasteiger partial charge in [-0.05, 0) is 12.1 Å². The lowest BCUT2D eigenvalue weighted by molar-refractivity contribution is -0.134. The van der Waals surface area contributed by atoms with E-state index in [4.69, 9.17) is 11.6 Å². The zero-order valence-electron chi connectivity index (χ0n) is 11.2. The number of carbonyl (C=O) groups excluding carboxylic acids is 1. The first-order valence-corrected chi connectivity index (χ1v) is 9.14. The third-order valence-electron chi connectivity index (χ3n) is 3.71. The van der Waals surface area contributed by atoms with Crippen LogP contribution >= 0.6 is 34.7 Å². The van der Waals surface area contributed by atoms with Gasteiger partial charge in [0.25, 0.3) is 0 Å². The third kappa shape index (κ3) is 3.49. The molecule has 1 atom stereocenters. The molecule has 2 saturated heterocycles. The molecule has 0 unspecified atom stereocenters. The predicted octanol–water partition coefficient (Wildman–Crippen LogP) is 1.71. The summed E-state index contributed by atoms with van der Waals surface area (Å²) in [7, 11) is 0. The van der Waals surface area contributed by atoms with Crippen molar-refractivity contribution >= 4 is 40.6 Å². The maximum atomic E-state index is 12.3. The van der Waals surface area contributed by atoms with Crippen molar-refractivity contribution in [3.8, 4) is 0 Å².